The van der Waals surface area contributed by atoms with E-state index in [2.05, 4.69) is 19.9 Å². The van der Waals surface area contributed by atoms with E-state index in [0.29, 0.717) is 28.8 Å². The van der Waals surface area contributed by atoms with Gasteiger partial charge in [-0.25, -0.2) is 18.7 Å². The quantitative estimate of drug-likeness (QED) is 0.380. The number of hydrogen-bond donors (Lipinski definition) is 1. The third-order valence-electron chi connectivity index (χ3n) is 5.32. The minimum Gasteiger partial charge on any atom is -0.493 e. The van der Waals surface area contributed by atoms with Crippen LogP contribution in [0, 0.1) is 18.6 Å². The Kier molecular flexibility index (Phi) is 7.19. The summed E-state index contributed by atoms with van der Waals surface area (Å²) >= 11 is 6.34. The molecule has 0 bridgehead atoms. The van der Waals surface area contributed by atoms with Gasteiger partial charge in [0.1, 0.15) is 34.5 Å². The molecule has 0 unspecified atom stereocenters. The van der Waals surface area contributed by atoms with Gasteiger partial charge in [-0.3, -0.25) is 19.3 Å². The number of halogens is 3. The van der Waals surface area contributed by atoms with Crippen molar-refractivity contribution in [2.24, 2.45) is 0 Å². The number of aromatic nitrogens is 5. The van der Waals surface area contributed by atoms with Crippen LogP contribution in [0.25, 0.3) is 17.1 Å². The molecule has 4 aromatic heterocycles. The average molecular weight is 530 g/mol. The molecule has 0 atom stereocenters. The van der Waals surface area contributed by atoms with Gasteiger partial charge in [-0.1, -0.05) is 11.6 Å². The summed E-state index contributed by atoms with van der Waals surface area (Å²) in [5.74, 6) is -1.21. The van der Waals surface area contributed by atoms with Crippen molar-refractivity contribution < 1.29 is 23.4 Å². The summed E-state index contributed by atoms with van der Waals surface area (Å²) in [7, 11) is 1.43. The van der Waals surface area contributed by atoms with Gasteiger partial charge in [-0.05, 0) is 32.9 Å². The van der Waals surface area contributed by atoms with Crippen molar-refractivity contribution in [2.75, 3.05) is 7.11 Å². The molecule has 9 nitrogen and oxygen atoms in total. The number of aryl methyl sites for hydroxylation is 1. The molecule has 4 aromatic rings. The zero-order valence-corrected chi connectivity index (χ0v) is 21.0. The normalized spacial score (nSPS) is 11.5. The first-order valence-corrected chi connectivity index (χ1v) is 11.3. The molecule has 1 N–H and O–H groups in total. The van der Waals surface area contributed by atoms with Crippen molar-refractivity contribution >= 4 is 11.6 Å². The number of methoxy groups -OCH3 is 1. The van der Waals surface area contributed by atoms with Gasteiger partial charge in [0.2, 0.25) is 0 Å². The van der Waals surface area contributed by atoms with Crippen LogP contribution in [0.2, 0.25) is 5.02 Å². The van der Waals surface area contributed by atoms with Gasteiger partial charge in [-0.15, -0.1) is 0 Å². The van der Waals surface area contributed by atoms with Gasteiger partial charge < -0.3 is 14.6 Å². The van der Waals surface area contributed by atoms with E-state index < -0.39 is 22.8 Å². The number of ether oxygens (including phenoxy) is 2. The van der Waals surface area contributed by atoms with E-state index in [9.17, 15) is 18.7 Å². The number of hydrogen-bond acceptors (Lipinski definition) is 8. The molecule has 0 aliphatic heterocycles. The smallest absolute Gasteiger partial charge is 0.278 e. The van der Waals surface area contributed by atoms with E-state index in [4.69, 9.17) is 21.1 Å². The topological polar surface area (TPSA) is 112 Å². The van der Waals surface area contributed by atoms with Gasteiger partial charge in [0.15, 0.2) is 17.4 Å². The highest BCUT2D eigenvalue weighted by atomic mass is 35.5. The van der Waals surface area contributed by atoms with Crippen molar-refractivity contribution in [3.8, 4) is 28.6 Å². The lowest BCUT2D eigenvalue weighted by Gasteiger charge is -2.18. The Morgan fingerprint density at radius 2 is 1.84 bits per heavy atom. The molecule has 0 saturated carbocycles. The lowest BCUT2D eigenvalue weighted by Crippen LogP contribution is -2.23. The molecule has 0 spiro atoms. The van der Waals surface area contributed by atoms with Gasteiger partial charge in [0, 0.05) is 24.0 Å². The first-order valence-electron chi connectivity index (χ1n) is 10.9. The highest BCUT2D eigenvalue weighted by Gasteiger charge is 2.22. The Morgan fingerprint density at radius 1 is 1.08 bits per heavy atom. The minimum atomic E-state index is -1.27. The van der Waals surface area contributed by atoms with Crippen molar-refractivity contribution in [2.45, 2.75) is 33.0 Å². The van der Waals surface area contributed by atoms with Gasteiger partial charge in [0.25, 0.3) is 5.56 Å². The highest BCUT2D eigenvalue weighted by Crippen LogP contribution is 2.30. The molecule has 0 aliphatic carbocycles. The molecule has 4 rings (SSSR count). The van der Waals surface area contributed by atoms with Crippen molar-refractivity contribution in [1.29, 1.82) is 0 Å². The summed E-state index contributed by atoms with van der Waals surface area (Å²) in [4.78, 5) is 29.8. The van der Waals surface area contributed by atoms with Gasteiger partial charge >= 0.3 is 0 Å². The van der Waals surface area contributed by atoms with E-state index in [1.54, 1.807) is 32.9 Å². The molecular formula is C25H22ClF2N5O4. The van der Waals surface area contributed by atoms with E-state index in [0.717, 1.165) is 6.20 Å². The second kappa shape index (κ2) is 10.2. The summed E-state index contributed by atoms with van der Waals surface area (Å²) in [6.07, 6.45) is 3.80. The van der Waals surface area contributed by atoms with Crippen LogP contribution in [0.4, 0.5) is 8.78 Å². The molecule has 0 radical (unpaired) electrons. The fourth-order valence-electron chi connectivity index (χ4n) is 3.48. The van der Waals surface area contributed by atoms with Crippen molar-refractivity contribution in [3.05, 3.63) is 87.1 Å². The van der Waals surface area contributed by atoms with Crippen LogP contribution >= 0.6 is 11.6 Å². The van der Waals surface area contributed by atoms with Crippen LogP contribution in [-0.2, 0) is 12.2 Å². The standard InChI is InChI=1S/C25H22ClF2N5O4/c1-13-7-20(37-12-18-15(28)8-14(27)10-30-18)22(26)23(34)33(13)19-9-17(31-11-21(19)36-4)16-5-6-29-24(32-16)25(2,3)35/h5-11,35H,12H2,1-4H3. The Bertz CT molecular complexity index is 1540. The Balaban J connectivity index is 1.75. The average Bonchev–Trinajstić information content (AvgIpc) is 2.86. The molecular weight excluding hydrogens is 508 g/mol. The molecule has 0 aromatic carbocycles. The second-order valence-electron chi connectivity index (χ2n) is 8.54. The first kappa shape index (κ1) is 26.1. The van der Waals surface area contributed by atoms with E-state index >= 15 is 0 Å². The van der Waals surface area contributed by atoms with Gasteiger partial charge in [-0.2, -0.15) is 0 Å². The zero-order chi connectivity index (χ0) is 26.9. The molecule has 4 heterocycles. The second-order valence-corrected chi connectivity index (χ2v) is 8.92. The van der Waals surface area contributed by atoms with E-state index in [1.807, 2.05) is 0 Å². The zero-order valence-electron chi connectivity index (χ0n) is 20.3. The largest absolute Gasteiger partial charge is 0.493 e. The lowest BCUT2D eigenvalue weighted by molar-refractivity contribution is 0.0688. The van der Waals surface area contributed by atoms with Gasteiger partial charge in [0.05, 0.1) is 36.6 Å². The maximum absolute atomic E-state index is 13.9. The van der Waals surface area contributed by atoms with Crippen molar-refractivity contribution in [1.82, 2.24) is 24.5 Å². The third kappa shape index (κ3) is 5.42. The maximum atomic E-state index is 13.9. The van der Waals surface area contributed by atoms with Crippen LogP contribution in [0.15, 0.2) is 47.7 Å². The number of nitrogens with zero attached hydrogens (tertiary/aromatic N) is 5. The minimum absolute atomic E-state index is 0.00445. The van der Waals surface area contributed by atoms with Crippen LogP contribution in [0.5, 0.6) is 11.5 Å². The van der Waals surface area contributed by atoms with Crippen LogP contribution < -0.4 is 15.0 Å². The molecule has 0 amide bonds. The fraction of sp³-hybridized carbons (Fsp3) is 0.240. The maximum Gasteiger partial charge on any atom is 0.278 e. The predicted molar refractivity (Wildman–Crippen MR) is 131 cm³/mol. The van der Waals surface area contributed by atoms with E-state index in [-0.39, 0.29) is 34.6 Å². The molecule has 0 fully saturated rings. The molecule has 37 heavy (non-hydrogen) atoms. The molecule has 192 valence electrons. The lowest BCUT2D eigenvalue weighted by atomic mass is 10.1. The summed E-state index contributed by atoms with van der Waals surface area (Å²) < 4.78 is 39.3. The molecule has 0 aliphatic rings. The molecule has 12 heteroatoms. The monoisotopic (exact) mass is 529 g/mol. The number of pyridine rings is 3. The summed E-state index contributed by atoms with van der Waals surface area (Å²) in [6.45, 7) is 4.41. The first-order chi connectivity index (χ1) is 17.5. The Labute approximate surface area is 215 Å². The van der Waals surface area contributed by atoms with Crippen LogP contribution in [0.3, 0.4) is 0 Å². The highest BCUT2D eigenvalue weighted by molar-refractivity contribution is 6.31. The third-order valence-corrected chi connectivity index (χ3v) is 5.67. The van der Waals surface area contributed by atoms with Crippen LogP contribution in [-0.4, -0.2) is 36.7 Å². The number of rotatable bonds is 7. The summed E-state index contributed by atoms with van der Waals surface area (Å²) in [5.41, 5.74) is -0.472. The van der Waals surface area contributed by atoms with E-state index in [1.165, 1.54) is 30.1 Å². The summed E-state index contributed by atoms with van der Waals surface area (Å²) in [6, 6.07) is 5.40. The summed E-state index contributed by atoms with van der Waals surface area (Å²) in [5, 5.41) is 10.0. The Morgan fingerprint density at radius 3 is 2.51 bits per heavy atom. The SMILES string of the molecule is COc1cnc(-c2ccnc(C(C)(C)O)n2)cc1-n1c(C)cc(OCc2ncc(F)cc2F)c(Cl)c1=O. The Hall–Kier alpha value is -3.96. The van der Waals surface area contributed by atoms with Crippen molar-refractivity contribution in [3.63, 3.8) is 0 Å². The number of aliphatic hydroxyl groups is 1. The van der Waals surface area contributed by atoms with Crippen LogP contribution in [0.1, 0.15) is 31.1 Å². The fourth-order valence-corrected chi connectivity index (χ4v) is 3.68. The predicted octanol–water partition coefficient (Wildman–Crippen LogP) is 4.14. The molecule has 0 saturated heterocycles.